The van der Waals surface area contributed by atoms with Gasteiger partial charge >= 0.3 is 0 Å². The van der Waals surface area contributed by atoms with Gasteiger partial charge in [-0.2, -0.15) is 0 Å². The molecular weight excluding hydrogens is 473 g/mol. The molecule has 4 aromatic rings. The first-order valence-electron chi connectivity index (χ1n) is 10.9. The van der Waals surface area contributed by atoms with Crippen molar-refractivity contribution >= 4 is 45.7 Å². The molecule has 0 amide bonds. The molecule has 1 aromatic heterocycles. The van der Waals surface area contributed by atoms with E-state index in [1.165, 1.54) is 18.5 Å². The number of fused-ring (bicyclic) bond motifs is 2. The molecule has 2 atom stereocenters. The molecule has 3 aromatic carbocycles. The van der Waals surface area contributed by atoms with Crippen molar-refractivity contribution in [1.82, 2.24) is 9.97 Å². The molecule has 2 aliphatic rings. The first-order chi connectivity index (χ1) is 17.1. The Kier molecular flexibility index (Phi) is 5.55. The largest absolute Gasteiger partial charge is 0.457 e. The maximum Gasteiger partial charge on any atom is 0.290 e. The van der Waals surface area contributed by atoms with Crippen molar-refractivity contribution in [3.8, 4) is 11.5 Å². The molecule has 0 aliphatic carbocycles. The third-order valence-corrected chi connectivity index (χ3v) is 5.95. The fourth-order valence-electron chi connectivity index (χ4n) is 3.96. The first-order valence-corrected chi connectivity index (χ1v) is 11.3. The molecule has 10 heteroatoms. The number of amidine groups is 1. The van der Waals surface area contributed by atoms with E-state index in [9.17, 15) is 4.39 Å². The van der Waals surface area contributed by atoms with Crippen LogP contribution >= 0.6 is 11.6 Å². The van der Waals surface area contributed by atoms with Crippen LogP contribution in [-0.4, -0.2) is 41.3 Å². The standard InChI is InChI=1S/C25H19ClFN5O3/c26-19-10-16(5-7-22(19)34-17-3-1-2-14(27)8-17)30-24-18-9-15(4-6-20(18)28-13-29-24)31-25-32-21-11-33-12-23(21)35-25/h1-10,13,21,23H,11-12H2,(H,31,32)(H,28,29,30). The highest BCUT2D eigenvalue weighted by molar-refractivity contribution is 6.32. The van der Waals surface area contributed by atoms with Gasteiger partial charge < -0.3 is 24.8 Å². The lowest BCUT2D eigenvalue weighted by molar-refractivity contribution is 0.138. The Morgan fingerprint density at radius 2 is 1.86 bits per heavy atom. The number of benzene rings is 3. The number of nitrogens with one attached hydrogen (secondary N) is 2. The molecule has 0 spiro atoms. The summed E-state index contributed by atoms with van der Waals surface area (Å²) in [6, 6.07) is 17.4. The van der Waals surface area contributed by atoms with E-state index in [0.717, 1.165) is 16.6 Å². The minimum Gasteiger partial charge on any atom is -0.457 e. The van der Waals surface area contributed by atoms with Crippen molar-refractivity contribution in [2.24, 2.45) is 4.99 Å². The molecule has 1 saturated heterocycles. The van der Waals surface area contributed by atoms with Gasteiger partial charge in [0.05, 0.1) is 23.8 Å². The fourth-order valence-corrected chi connectivity index (χ4v) is 4.17. The summed E-state index contributed by atoms with van der Waals surface area (Å²) in [7, 11) is 0. The minimum absolute atomic E-state index is 0.0314. The van der Waals surface area contributed by atoms with Gasteiger partial charge in [0.1, 0.15) is 41.6 Å². The second-order valence-electron chi connectivity index (χ2n) is 8.10. The average Bonchev–Trinajstić information content (AvgIpc) is 3.43. The number of nitrogens with zero attached hydrogens (tertiary/aromatic N) is 3. The molecule has 1 fully saturated rings. The summed E-state index contributed by atoms with van der Waals surface area (Å²) in [4.78, 5) is 13.3. The van der Waals surface area contributed by atoms with E-state index < -0.39 is 0 Å². The highest BCUT2D eigenvalue weighted by Crippen LogP contribution is 2.34. The van der Waals surface area contributed by atoms with Crippen LogP contribution in [0.25, 0.3) is 10.9 Å². The molecule has 176 valence electrons. The van der Waals surface area contributed by atoms with Gasteiger partial charge in [-0.25, -0.2) is 19.4 Å². The van der Waals surface area contributed by atoms with Gasteiger partial charge in [-0.05, 0) is 48.5 Å². The van der Waals surface area contributed by atoms with E-state index >= 15 is 0 Å². The minimum atomic E-state index is -0.384. The fraction of sp³-hybridized carbons (Fsp3) is 0.160. The SMILES string of the molecule is Fc1cccc(Oc2ccc(Nc3ncnc4ccc(NC5=NC6COCC6O5)cc34)cc2Cl)c1. The number of halogens is 2. The molecule has 2 N–H and O–H groups in total. The number of ether oxygens (including phenoxy) is 3. The van der Waals surface area contributed by atoms with Gasteiger partial charge in [-0.1, -0.05) is 17.7 Å². The molecule has 35 heavy (non-hydrogen) atoms. The van der Waals surface area contributed by atoms with Crippen molar-refractivity contribution < 1.29 is 18.6 Å². The maximum atomic E-state index is 13.4. The zero-order valence-corrected chi connectivity index (χ0v) is 19.0. The summed E-state index contributed by atoms with van der Waals surface area (Å²) < 4.78 is 30.3. The van der Waals surface area contributed by atoms with Crippen LogP contribution in [0.1, 0.15) is 0 Å². The molecular formula is C25H19ClFN5O3. The number of aliphatic imine (C=N–C) groups is 1. The Morgan fingerprint density at radius 3 is 2.71 bits per heavy atom. The normalized spacial score (nSPS) is 18.6. The van der Waals surface area contributed by atoms with Crippen LogP contribution in [0.2, 0.25) is 5.02 Å². The van der Waals surface area contributed by atoms with E-state index in [-0.39, 0.29) is 18.0 Å². The Labute approximate surface area is 204 Å². The number of hydrogen-bond donors (Lipinski definition) is 2. The predicted octanol–water partition coefficient (Wildman–Crippen LogP) is 5.52. The van der Waals surface area contributed by atoms with E-state index in [0.29, 0.717) is 47.3 Å². The van der Waals surface area contributed by atoms with E-state index in [2.05, 4.69) is 25.6 Å². The number of aromatic nitrogens is 2. The van der Waals surface area contributed by atoms with Gasteiger partial charge in [-0.15, -0.1) is 0 Å². The van der Waals surface area contributed by atoms with Crippen LogP contribution in [0.4, 0.5) is 21.6 Å². The van der Waals surface area contributed by atoms with Gasteiger partial charge in [0.15, 0.2) is 0 Å². The van der Waals surface area contributed by atoms with Crippen LogP contribution in [0, 0.1) is 5.82 Å². The molecule has 0 saturated carbocycles. The average molecular weight is 492 g/mol. The smallest absolute Gasteiger partial charge is 0.290 e. The van der Waals surface area contributed by atoms with Crippen molar-refractivity contribution in [2.75, 3.05) is 23.8 Å². The molecule has 0 radical (unpaired) electrons. The van der Waals surface area contributed by atoms with Gasteiger partial charge in [-0.3, -0.25) is 0 Å². The Balaban J connectivity index is 1.22. The summed E-state index contributed by atoms with van der Waals surface area (Å²) in [6.45, 7) is 1.12. The summed E-state index contributed by atoms with van der Waals surface area (Å²) in [5, 5.41) is 7.67. The molecule has 8 nitrogen and oxygen atoms in total. The summed E-state index contributed by atoms with van der Waals surface area (Å²) >= 11 is 6.43. The number of hydrogen-bond acceptors (Lipinski definition) is 8. The highest BCUT2D eigenvalue weighted by Gasteiger charge is 2.36. The quantitative estimate of drug-likeness (QED) is 0.379. The molecule has 2 aliphatic heterocycles. The first kappa shape index (κ1) is 21.6. The molecule has 3 heterocycles. The van der Waals surface area contributed by atoms with Crippen molar-refractivity contribution in [3.05, 3.63) is 77.8 Å². The zero-order chi connectivity index (χ0) is 23.8. The summed E-state index contributed by atoms with van der Waals surface area (Å²) in [6.07, 6.45) is 1.46. The van der Waals surface area contributed by atoms with Crippen LogP contribution in [0.5, 0.6) is 11.5 Å². The lowest BCUT2D eigenvalue weighted by atomic mass is 10.2. The van der Waals surface area contributed by atoms with E-state index in [1.54, 1.807) is 30.3 Å². The lowest BCUT2D eigenvalue weighted by Crippen LogP contribution is -2.21. The lowest BCUT2D eigenvalue weighted by Gasteiger charge is -2.13. The topological polar surface area (TPSA) is 89.9 Å². The predicted molar refractivity (Wildman–Crippen MR) is 131 cm³/mol. The van der Waals surface area contributed by atoms with Crippen LogP contribution in [0.3, 0.4) is 0 Å². The third kappa shape index (κ3) is 4.55. The highest BCUT2D eigenvalue weighted by atomic mass is 35.5. The number of rotatable bonds is 5. The summed E-state index contributed by atoms with van der Waals surface area (Å²) in [5.74, 6) is 0.994. The Bertz CT molecular complexity index is 1450. The monoisotopic (exact) mass is 491 g/mol. The van der Waals surface area contributed by atoms with Crippen LogP contribution in [-0.2, 0) is 9.47 Å². The summed E-state index contributed by atoms with van der Waals surface area (Å²) in [5.41, 5.74) is 2.27. The van der Waals surface area contributed by atoms with E-state index in [4.69, 9.17) is 25.8 Å². The molecule has 0 bridgehead atoms. The molecule has 2 unspecified atom stereocenters. The van der Waals surface area contributed by atoms with Crippen LogP contribution < -0.4 is 15.4 Å². The molecule has 6 rings (SSSR count). The van der Waals surface area contributed by atoms with Crippen molar-refractivity contribution in [2.45, 2.75) is 12.1 Å². The zero-order valence-electron chi connectivity index (χ0n) is 18.2. The third-order valence-electron chi connectivity index (χ3n) is 5.65. The second-order valence-corrected chi connectivity index (χ2v) is 8.51. The van der Waals surface area contributed by atoms with E-state index in [1.807, 2.05) is 18.2 Å². The number of anilines is 3. The van der Waals surface area contributed by atoms with Gasteiger partial charge in [0, 0.05) is 22.8 Å². The Hall–Kier alpha value is -3.95. The second kappa shape index (κ2) is 9.01. The van der Waals surface area contributed by atoms with Crippen LogP contribution in [0.15, 0.2) is 72.0 Å². The Morgan fingerprint density at radius 1 is 0.971 bits per heavy atom. The maximum absolute atomic E-state index is 13.4. The van der Waals surface area contributed by atoms with Crippen molar-refractivity contribution in [3.63, 3.8) is 0 Å². The van der Waals surface area contributed by atoms with Gasteiger partial charge in [0.25, 0.3) is 6.02 Å². The van der Waals surface area contributed by atoms with Crippen molar-refractivity contribution in [1.29, 1.82) is 0 Å². The van der Waals surface area contributed by atoms with Gasteiger partial charge in [0.2, 0.25) is 0 Å².